The maximum atomic E-state index is 11.6. The minimum absolute atomic E-state index is 0.0732. The second kappa shape index (κ2) is 6.71. The van der Waals surface area contributed by atoms with Gasteiger partial charge in [-0.15, -0.1) is 0 Å². The molecule has 0 N–H and O–H groups in total. The third-order valence-corrected chi connectivity index (χ3v) is 2.89. The van der Waals surface area contributed by atoms with E-state index in [4.69, 9.17) is 9.47 Å². The van der Waals surface area contributed by atoms with Crippen LogP contribution in [0.1, 0.15) is 16.7 Å². The quantitative estimate of drug-likeness (QED) is 0.370. The van der Waals surface area contributed by atoms with Gasteiger partial charge < -0.3 is 9.47 Å². The summed E-state index contributed by atoms with van der Waals surface area (Å²) in [6.45, 7) is 4.03. The fraction of sp³-hybridized carbons (Fsp3) is 0.188. The number of nitrogens with zero attached hydrogens (tertiary/aromatic N) is 1. The van der Waals surface area contributed by atoms with E-state index in [2.05, 4.69) is 0 Å². The first-order chi connectivity index (χ1) is 10.4. The lowest BCUT2D eigenvalue weighted by molar-refractivity contribution is -0.384. The molecule has 2 aromatic carbocycles. The molecule has 2 aromatic rings. The second-order valence-electron chi connectivity index (χ2n) is 4.89. The Bertz CT molecular complexity index is 674. The summed E-state index contributed by atoms with van der Waals surface area (Å²) in [5, 5.41) is 10.5. The molecule has 114 valence electrons. The number of hydrogen-bond donors (Lipinski definition) is 0. The number of nitro benzene ring substituents is 1. The molecular formula is C16H15NO5. The number of nitro groups is 1. The summed E-state index contributed by atoms with van der Waals surface area (Å²) >= 11 is 0. The standard InChI is InChI=1S/C16H15NO5/c1-11-7-12(2)9-13(8-11)10-21-16(18)22-15-5-3-14(4-6-15)17(19)20/h3-9H,10H2,1-2H3. The highest BCUT2D eigenvalue weighted by atomic mass is 16.7. The largest absolute Gasteiger partial charge is 0.514 e. The number of aryl methyl sites for hydroxylation is 2. The van der Waals surface area contributed by atoms with Gasteiger partial charge in [0.2, 0.25) is 0 Å². The van der Waals surface area contributed by atoms with Crippen LogP contribution in [0, 0.1) is 24.0 Å². The Kier molecular flexibility index (Phi) is 4.73. The van der Waals surface area contributed by atoms with Gasteiger partial charge in [0, 0.05) is 12.1 Å². The number of ether oxygens (including phenoxy) is 2. The molecule has 0 saturated carbocycles. The van der Waals surface area contributed by atoms with E-state index >= 15 is 0 Å². The van der Waals surface area contributed by atoms with E-state index in [0.29, 0.717) is 0 Å². The molecule has 0 amide bonds. The van der Waals surface area contributed by atoms with Crippen LogP contribution in [0.4, 0.5) is 10.5 Å². The lowest BCUT2D eigenvalue weighted by Gasteiger charge is -2.07. The molecule has 6 heteroatoms. The highest BCUT2D eigenvalue weighted by Crippen LogP contribution is 2.18. The van der Waals surface area contributed by atoms with E-state index in [9.17, 15) is 14.9 Å². The van der Waals surface area contributed by atoms with Crippen molar-refractivity contribution in [2.75, 3.05) is 0 Å². The fourth-order valence-corrected chi connectivity index (χ4v) is 2.06. The SMILES string of the molecule is Cc1cc(C)cc(COC(=O)Oc2ccc([N+](=O)[O-])cc2)c1. The average molecular weight is 301 g/mol. The number of carbonyl (C=O) groups excluding carboxylic acids is 1. The normalized spacial score (nSPS) is 10.1. The van der Waals surface area contributed by atoms with Gasteiger partial charge in [-0.05, 0) is 31.5 Å². The molecule has 0 saturated heterocycles. The zero-order valence-corrected chi connectivity index (χ0v) is 12.2. The lowest BCUT2D eigenvalue weighted by Crippen LogP contribution is -2.10. The van der Waals surface area contributed by atoms with Crippen molar-refractivity contribution >= 4 is 11.8 Å². The van der Waals surface area contributed by atoms with Gasteiger partial charge in [0.15, 0.2) is 0 Å². The molecule has 0 aromatic heterocycles. The Morgan fingerprint density at radius 2 is 1.68 bits per heavy atom. The Labute approximate surface area is 127 Å². The number of non-ortho nitro benzene ring substituents is 1. The zero-order valence-electron chi connectivity index (χ0n) is 12.2. The molecule has 0 bridgehead atoms. The fourth-order valence-electron chi connectivity index (χ4n) is 2.06. The number of rotatable bonds is 4. The van der Waals surface area contributed by atoms with Crippen molar-refractivity contribution in [1.82, 2.24) is 0 Å². The van der Waals surface area contributed by atoms with E-state index in [1.807, 2.05) is 32.0 Å². The predicted molar refractivity (Wildman–Crippen MR) is 79.8 cm³/mol. The van der Waals surface area contributed by atoms with Gasteiger partial charge in [0.05, 0.1) is 4.92 Å². The molecule has 6 nitrogen and oxygen atoms in total. The van der Waals surface area contributed by atoms with Crippen molar-refractivity contribution in [2.24, 2.45) is 0 Å². The number of hydrogen-bond acceptors (Lipinski definition) is 5. The van der Waals surface area contributed by atoms with Crippen molar-refractivity contribution in [2.45, 2.75) is 20.5 Å². The van der Waals surface area contributed by atoms with Crippen LogP contribution in [0.2, 0.25) is 0 Å². The molecule has 0 fully saturated rings. The molecule has 0 heterocycles. The maximum absolute atomic E-state index is 11.6. The summed E-state index contributed by atoms with van der Waals surface area (Å²) in [6, 6.07) is 11.1. The minimum atomic E-state index is -0.854. The lowest BCUT2D eigenvalue weighted by atomic mass is 10.1. The highest BCUT2D eigenvalue weighted by molar-refractivity contribution is 5.64. The average Bonchev–Trinajstić information content (AvgIpc) is 2.45. The molecule has 0 atom stereocenters. The van der Waals surface area contributed by atoms with E-state index in [1.54, 1.807) is 0 Å². The summed E-state index contributed by atoms with van der Waals surface area (Å²) in [6.07, 6.45) is -0.854. The molecule has 0 spiro atoms. The van der Waals surface area contributed by atoms with Crippen LogP contribution in [0.5, 0.6) is 5.75 Å². The van der Waals surface area contributed by atoms with Crippen molar-refractivity contribution in [1.29, 1.82) is 0 Å². The second-order valence-corrected chi connectivity index (χ2v) is 4.89. The first-order valence-electron chi connectivity index (χ1n) is 6.60. The summed E-state index contributed by atoms with van der Waals surface area (Å²) in [5.74, 6) is 0.191. The summed E-state index contributed by atoms with van der Waals surface area (Å²) in [5.41, 5.74) is 2.97. The zero-order chi connectivity index (χ0) is 16.1. The Morgan fingerprint density at radius 1 is 1.09 bits per heavy atom. The van der Waals surface area contributed by atoms with Gasteiger partial charge in [-0.1, -0.05) is 29.3 Å². The van der Waals surface area contributed by atoms with Crippen LogP contribution in [-0.2, 0) is 11.3 Å². The molecule has 0 aliphatic rings. The first kappa shape index (κ1) is 15.5. The van der Waals surface area contributed by atoms with E-state index in [-0.39, 0.29) is 18.0 Å². The Balaban J connectivity index is 1.91. The molecular weight excluding hydrogens is 286 g/mol. The van der Waals surface area contributed by atoms with Gasteiger partial charge in [-0.2, -0.15) is 0 Å². The van der Waals surface area contributed by atoms with Crippen LogP contribution in [0.25, 0.3) is 0 Å². The van der Waals surface area contributed by atoms with Crippen molar-refractivity contribution in [3.63, 3.8) is 0 Å². The monoisotopic (exact) mass is 301 g/mol. The van der Waals surface area contributed by atoms with Gasteiger partial charge in [-0.3, -0.25) is 10.1 Å². The van der Waals surface area contributed by atoms with Gasteiger partial charge in [0.1, 0.15) is 12.4 Å². The van der Waals surface area contributed by atoms with Crippen LogP contribution in [0.15, 0.2) is 42.5 Å². The summed E-state index contributed by atoms with van der Waals surface area (Å²) in [4.78, 5) is 21.6. The molecule has 0 aliphatic carbocycles. The van der Waals surface area contributed by atoms with Crippen molar-refractivity contribution < 1.29 is 19.2 Å². The van der Waals surface area contributed by atoms with Gasteiger partial charge in [-0.25, -0.2) is 4.79 Å². The van der Waals surface area contributed by atoms with Crippen molar-refractivity contribution in [3.05, 3.63) is 69.3 Å². The Morgan fingerprint density at radius 3 is 2.23 bits per heavy atom. The molecule has 22 heavy (non-hydrogen) atoms. The Hall–Kier alpha value is -2.89. The van der Waals surface area contributed by atoms with Gasteiger partial charge >= 0.3 is 6.16 Å². The number of benzene rings is 2. The van der Waals surface area contributed by atoms with Crippen LogP contribution >= 0.6 is 0 Å². The van der Waals surface area contributed by atoms with Crippen LogP contribution in [-0.4, -0.2) is 11.1 Å². The van der Waals surface area contributed by atoms with Crippen molar-refractivity contribution in [3.8, 4) is 5.75 Å². The molecule has 0 aliphatic heterocycles. The number of carbonyl (C=O) groups is 1. The molecule has 2 rings (SSSR count). The smallest absolute Gasteiger partial charge is 0.429 e. The van der Waals surface area contributed by atoms with E-state index < -0.39 is 11.1 Å². The molecule has 0 unspecified atom stereocenters. The summed E-state index contributed by atoms with van der Waals surface area (Å²) < 4.78 is 9.97. The van der Waals surface area contributed by atoms with Crippen LogP contribution in [0.3, 0.4) is 0 Å². The predicted octanol–water partition coefficient (Wildman–Crippen LogP) is 3.93. The topological polar surface area (TPSA) is 78.7 Å². The van der Waals surface area contributed by atoms with E-state index in [1.165, 1.54) is 24.3 Å². The highest BCUT2D eigenvalue weighted by Gasteiger charge is 2.09. The molecule has 0 radical (unpaired) electrons. The van der Waals surface area contributed by atoms with Crippen LogP contribution < -0.4 is 4.74 Å². The third-order valence-electron chi connectivity index (χ3n) is 2.89. The maximum Gasteiger partial charge on any atom is 0.514 e. The van der Waals surface area contributed by atoms with Gasteiger partial charge in [0.25, 0.3) is 5.69 Å². The summed E-state index contributed by atoms with van der Waals surface area (Å²) in [7, 11) is 0. The first-order valence-corrected chi connectivity index (χ1v) is 6.60. The van der Waals surface area contributed by atoms with E-state index in [0.717, 1.165) is 16.7 Å². The third kappa shape index (κ3) is 4.31. The minimum Gasteiger partial charge on any atom is -0.429 e.